The molecule has 1 aromatic rings. The number of urea groups is 1. The lowest BCUT2D eigenvalue weighted by Gasteiger charge is -2.23. The maximum absolute atomic E-state index is 12.4. The Morgan fingerprint density at radius 2 is 1.93 bits per heavy atom. The Morgan fingerprint density at radius 3 is 2.67 bits per heavy atom. The first-order chi connectivity index (χ1) is 12.9. The van der Waals surface area contributed by atoms with Crippen LogP contribution >= 0.6 is 11.3 Å². The monoisotopic (exact) mass is 392 g/mol. The first-order valence-electron chi connectivity index (χ1n) is 9.86. The molecule has 0 radical (unpaired) electrons. The van der Waals surface area contributed by atoms with Gasteiger partial charge >= 0.3 is 12.0 Å². The number of thiophene rings is 1. The second-order valence-corrected chi connectivity index (χ2v) is 8.89. The summed E-state index contributed by atoms with van der Waals surface area (Å²) >= 11 is 1.45. The zero-order chi connectivity index (χ0) is 19.4. The molecule has 27 heavy (non-hydrogen) atoms. The van der Waals surface area contributed by atoms with Crippen LogP contribution in [0.15, 0.2) is 6.07 Å². The van der Waals surface area contributed by atoms with Gasteiger partial charge < -0.3 is 10.1 Å². The van der Waals surface area contributed by atoms with E-state index < -0.39 is 24.0 Å². The third-order valence-corrected chi connectivity index (χ3v) is 6.58. The Kier molecular flexibility index (Phi) is 6.52. The molecular formula is C20H28N2O4S. The van der Waals surface area contributed by atoms with Crippen molar-refractivity contribution in [3.8, 4) is 0 Å². The fourth-order valence-corrected chi connectivity index (χ4v) is 4.85. The van der Waals surface area contributed by atoms with E-state index >= 15 is 0 Å². The molecule has 7 heteroatoms. The average Bonchev–Trinajstić information content (AvgIpc) is 3.05. The van der Waals surface area contributed by atoms with E-state index in [1.54, 1.807) is 0 Å². The molecule has 2 aliphatic rings. The number of amides is 3. The van der Waals surface area contributed by atoms with Crippen LogP contribution in [0.5, 0.6) is 0 Å². The van der Waals surface area contributed by atoms with Crippen molar-refractivity contribution in [3.05, 3.63) is 21.4 Å². The van der Waals surface area contributed by atoms with Gasteiger partial charge in [-0.3, -0.25) is 10.1 Å². The van der Waals surface area contributed by atoms with Gasteiger partial charge in [-0.25, -0.2) is 9.59 Å². The Hall–Kier alpha value is -1.89. The first kappa shape index (κ1) is 19.9. The molecule has 0 spiro atoms. The van der Waals surface area contributed by atoms with Crippen molar-refractivity contribution >= 4 is 29.2 Å². The quantitative estimate of drug-likeness (QED) is 0.767. The summed E-state index contributed by atoms with van der Waals surface area (Å²) in [5.74, 6) is -0.479. The average molecular weight is 393 g/mol. The lowest BCUT2D eigenvalue weighted by Crippen LogP contribution is -2.48. The van der Waals surface area contributed by atoms with Crippen molar-refractivity contribution in [1.29, 1.82) is 0 Å². The van der Waals surface area contributed by atoms with Crippen LogP contribution in [-0.4, -0.2) is 30.1 Å². The van der Waals surface area contributed by atoms with Crippen LogP contribution in [0.25, 0.3) is 0 Å². The largest absolute Gasteiger partial charge is 0.448 e. The number of imide groups is 1. The van der Waals surface area contributed by atoms with Crippen molar-refractivity contribution in [2.24, 2.45) is 5.92 Å². The molecule has 1 fully saturated rings. The number of rotatable bonds is 4. The fourth-order valence-electron chi connectivity index (χ4n) is 3.76. The van der Waals surface area contributed by atoms with Crippen LogP contribution in [0.1, 0.15) is 72.5 Å². The third kappa shape index (κ3) is 5.31. The second kappa shape index (κ2) is 8.87. The molecule has 1 aromatic heterocycles. The number of aryl methyl sites for hydroxylation is 1. The number of ether oxygens (including phenoxy) is 1. The minimum absolute atomic E-state index is 0.115. The summed E-state index contributed by atoms with van der Waals surface area (Å²) in [7, 11) is 0. The number of hydrogen-bond donors (Lipinski definition) is 2. The van der Waals surface area contributed by atoms with E-state index in [1.807, 2.05) is 6.07 Å². The van der Waals surface area contributed by atoms with Gasteiger partial charge in [-0.15, -0.1) is 11.3 Å². The Morgan fingerprint density at radius 1 is 1.19 bits per heavy atom. The van der Waals surface area contributed by atoms with E-state index in [1.165, 1.54) is 35.1 Å². The van der Waals surface area contributed by atoms with Gasteiger partial charge in [-0.1, -0.05) is 26.2 Å². The zero-order valence-electron chi connectivity index (χ0n) is 16.0. The van der Waals surface area contributed by atoms with Gasteiger partial charge in [0.15, 0.2) is 6.10 Å². The zero-order valence-corrected chi connectivity index (χ0v) is 16.8. The smallest absolute Gasteiger partial charge is 0.349 e. The Bertz CT molecular complexity index is 709. The van der Waals surface area contributed by atoms with Gasteiger partial charge in [0, 0.05) is 10.9 Å². The molecule has 0 unspecified atom stereocenters. The van der Waals surface area contributed by atoms with E-state index in [9.17, 15) is 14.4 Å². The molecule has 2 atom stereocenters. The molecule has 0 saturated heterocycles. The minimum Gasteiger partial charge on any atom is -0.448 e. The summed E-state index contributed by atoms with van der Waals surface area (Å²) in [4.78, 5) is 38.3. The molecule has 3 amide bonds. The highest BCUT2D eigenvalue weighted by atomic mass is 32.1. The number of esters is 1. The van der Waals surface area contributed by atoms with Crippen LogP contribution in [-0.2, 0) is 22.4 Å². The minimum atomic E-state index is -1.02. The SMILES string of the molecule is C[C@H]1CCc2sc(C(=O)O[C@@H](C)C(=O)NC(=O)NC3CCCCC3)cc2C1. The maximum Gasteiger partial charge on any atom is 0.349 e. The van der Waals surface area contributed by atoms with Crippen LogP contribution in [0.2, 0.25) is 0 Å². The molecular weight excluding hydrogens is 364 g/mol. The Balaban J connectivity index is 1.48. The van der Waals surface area contributed by atoms with Crippen LogP contribution < -0.4 is 10.6 Å². The van der Waals surface area contributed by atoms with Crippen LogP contribution in [0, 0.1) is 5.92 Å². The van der Waals surface area contributed by atoms with E-state index in [4.69, 9.17) is 4.74 Å². The predicted molar refractivity (Wildman–Crippen MR) is 104 cm³/mol. The summed E-state index contributed by atoms with van der Waals surface area (Å²) < 4.78 is 5.27. The van der Waals surface area contributed by atoms with Gasteiger partial charge in [-0.05, 0) is 56.6 Å². The first-order valence-corrected chi connectivity index (χ1v) is 10.7. The lowest BCUT2D eigenvalue weighted by molar-refractivity contribution is -0.127. The number of hydrogen-bond acceptors (Lipinski definition) is 5. The summed E-state index contributed by atoms with van der Waals surface area (Å²) in [6.07, 6.45) is 7.34. The van der Waals surface area contributed by atoms with E-state index in [-0.39, 0.29) is 6.04 Å². The summed E-state index contributed by atoms with van der Waals surface area (Å²) in [6, 6.07) is 1.48. The highest BCUT2D eigenvalue weighted by Gasteiger charge is 2.25. The molecule has 2 N–H and O–H groups in total. The summed E-state index contributed by atoms with van der Waals surface area (Å²) in [5, 5.41) is 5.09. The van der Waals surface area contributed by atoms with Crippen molar-refractivity contribution in [2.75, 3.05) is 0 Å². The van der Waals surface area contributed by atoms with Gasteiger partial charge in [0.2, 0.25) is 0 Å². The highest BCUT2D eigenvalue weighted by molar-refractivity contribution is 7.14. The fraction of sp³-hybridized carbons (Fsp3) is 0.650. The molecule has 0 aliphatic heterocycles. The number of nitrogens with one attached hydrogen (secondary N) is 2. The van der Waals surface area contributed by atoms with Crippen LogP contribution in [0.4, 0.5) is 4.79 Å². The van der Waals surface area contributed by atoms with Gasteiger partial charge in [0.25, 0.3) is 5.91 Å². The topological polar surface area (TPSA) is 84.5 Å². The van der Waals surface area contributed by atoms with Gasteiger partial charge in [0.05, 0.1) is 0 Å². The molecule has 0 aromatic carbocycles. The normalized spacial score (nSPS) is 21.0. The van der Waals surface area contributed by atoms with Gasteiger partial charge in [0.1, 0.15) is 4.88 Å². The number of fused-ring (bicyclic) bond motifs is 1. The molecule has 3 rings (SSSR count). The van der Waals surface area contributed by atoms with Crippen molar-refractivity contribution in [3.63, 3.8) is 0 Å². The molecule has 1 heterocycles. The standard InChI is InChI=1S/C20H28N2O4S/c1-12-8-9-16-14(10-12)11-17(27-16)19(24)26-13(2)18(23)22-20(25)21-15-6-4-3-5-7-15/h11-13,15H,3-10H2,1-2H3,(H2,21,22,23,25)/t12-,13-/m0/s1. The molecule has 0 bridgehead atoms. The predicted octanol–water partition coefficient (Wildman–Crippen LogP) is 3.58. The second-order valence-electron chi connectivity index (χ2n) is 7.75. The molecule has 148 valence electrons. The molecule has 6 nitrogen and oxygen atoms in total. The van der Waals surface area contributed by atoms with Crippen LogP contribution in [0.3, 0.4) is 0 Å². The van der Waals surface area contributed by atoms with Crippen molar-refractivity contribution in [1.82, 2.24) is 10.6 Å². The van der Waals surface area contributed by atoms with E-state index in [2.05, 4.69) is 17.6 Å². The van der Waals surface area contributed by atoms with E-state index in [0.29, 0.717) is 10.8 Å². The summed E-state index contributed by atoms with van der Waals surface area (Å²) in [5.41, 5.74) is 1.22. The lowest BCUT2D eigenvalue weighted by atomic mass is 9.90. The van der Waals surface area contributed by atoms with Crippen molar-refractivity contribution < 1.29 is 19.1 Å². The maximum atomic E-state index is 12.4. The molecule has 2 aliphatic carbocycles. The number of carbonyl (C=O) groups is 3. The Labute approximate surface area is 164 Å². The van der Waals surface area contributed by atoms with Gasteiger partial charge in [-0.2, -0.15) is 0 Å². The third-order valence-electron chi connectivity index (χ3n) is 5.36. The molecule has 1 saturated carbocycles. The highest BCUT2D eigenvalue weighted by Crippen LogP contribution is 2.32. The number of carbonyl (C=O) groups excluding carboxylic acids is 3. The van der Waals surface area contributed by atoms with E-state index in [0.717, 1.165) is 44.9 Å². The summed E-state index contributed by atoms with van der Waals surface area (Å²) in [6.45, 7) is 3.69. The van der Waals surface area contributed by atoms with Crippen molar-refractivity contribution in [2.45, 2.75) is 77.4 Å².